The lowest BCUT2D eigenvalue weighted by atomic mass is 9.81. The van der Waals surface area contributed by atoms with Crippen molar-refractivity contribution in [1.29, 1.82) is 5.26 Å². The zero-order chi connectivity index (χ0) is 14.8. The number of hydrogen-bond donors (Lipinski definition) is 1. The van der Waals surface area contributed by atoms with E-state index in [1.165, 1.54) is 6.08 Å². The van der Waals surface area contributed by atoms with Gasteiger partial charge in [-0.2, -0.15) is 10.4 Å². The minimum Gasteiger partial charge on any atom is -0.294 e. The minimum absolute atomic E-state index is 0.0334. The van der Waals surface area contributed by atoms with E-state index in [1.807, 2.05) is 6.07 Å². The lowest BCUT2D eigenvalue weighted by molar-refractivity contribution is -0.116. The van der Waals surface area contributed by atoms with Gasteiger partial charge in [-0.05, 0) is 24.5 Å². The van der Waals surface area contributed by atoms with Crippen molar-refractivity contribution in [2.75, 3.05) is 0 Å². The summed E-state index contributed by atoms with van der Waals surface area (Å²) in [5.41, 5.74) is 0.323. The molecule has 5 nitrogen and oxygen atoms in total. The van der Waals surface area contributed by atoms with Gasteiger partial charge in [0, 0.05) is 11.8 Å². The third kappa shape index (κ3) is 2.36. The molecule has 0 saturated carbocycles. The van der Waals surface area contributed by atoms with Gasteiger partial charge in [-0.1, -0.05) is 24.3 Å². The van der Waals surface area contributed by atoms with Crippen LogP contribution < -0.4 is 5.56 Å². The van der Waals surface area contributed by atoms with Crippen molar-refractivity contribution in [3.05, 3.63) is 52.5 Å². The van der Waals surface area contributed by atoms with Crippen LogP contribution in [0.2, 0.25) is 0 Å². The number of carbonyl (C=O) groups is 1. The monoisotopic (exact) mass is 279 g/mol. The number of carbonyl (C=O) groups excluding carboxylic acids is 1. The number of benzene rings is 1. The SMILES string of the molecule is N#CCC1C=CC(=O)C(c2n[nH]c(=O)c3ccccc23)C1. The van der Waals surface area contributed by atoms with Crippen LogP contribution in [0.3, 0.4) is 0 Å². The van der Waals surface area contributed by atoms with Crippen LogP contribution in [0.15, 0.2) is 41.2 Å². The van der Waals surface area contributed by atoms with Gasteiger partial charge in [0.2, 0.25) is 0 Å². The molecule has 0 aliphatic heterocycles. The molecule has 0 spiro atoms. The van der Waals surface area contributed by atoms with Crippen molar-refractivity contribution in [3.8, 4) is 6.07 Å². The van der Waals surface area contributed by atoms with Crippen molar-refractivity contribution in [3.63, 3.8) is 0 Å². The fourth-order valence-corrected chi connectivity index (χ4v) is 2.76. The molecule has 1 aliphatic rings. The molecular formula is C16H13N3O2. The van der Waals surface area contributed by atoms with Gasteiger partial charge in [0.25, 0.3) is 5.56 Å². The molecule has 2 aromatic rings. The predicted molar refractivity (Wildman–Crippen MR) is 77.6 cm³/mol. The number of H-pyrrole nitrogens is 1. The lowest BCUT2D eigenvalue weighted by Gasteiger charge is -2.22. The third-order valence-electron chi connectivity index (χ3n) is 3.82. The molecule has 104 valence electrons. The predicted octanol–water partition coefficient (Wildman–Crippen LogP) is 2.07. The van der Waals surface area contributed by atoms with E-state index < -0.39 is 5.92 Å². The number of ketones is 1. The highest BCUT2D eigenvalue weighted by Crippen LogP contribution is 2.32. The van der Waals surface area contributed by atoms with E-state index in [-0.39, 0.29) is 17.3 Å². The number of nitrogens with zero attached hydrogens (tertiary/aromatic N) is 2. The van der Waals surface area contributed by atoms with E-state index in [0.29, 0.717) is 29.3 Å². The van der Waals surface area contributed by atoms with Crippen LogP contribution in [-0.2, 0) is 4.79 Å². The van der Waals surface area contributed by atoms with Crippen LogP contribution in [0.5, 0.6) is 0 Å². The standard InChI is InChI=1S/C16H13N3O2/c17-8-7-10-5-6-14(20)13(9-10)15-11-3-1-2-4-12(11)16(21)19-18-15/h1-6,10,13H,7,9H2,(H,19,21). The molecule has 21 heavy (non-hydrogen) atoms. The van der Waals surface area contributed by atoms with E-state index in [4.69, 9.17) is 5.26 Å². The minimum atomic E-state index is -0.407. The Morgan fingerprint density at radius 2 is 2.05 bits per heavy atom. The van der Waals surface area contributed by atoms with E-state index in [9.17, 15) is 9.59 Å². The molecule has 0 bridgehead atoms. The first-order valence-corrected chi connectivity index (χ1v) is 6.77. The van der Waals surface area contributed by atoms with Gasteiger partial charge in [0.05, 0.1) is 23.1 Å². The van der Waals surface area contributed by atoms with Crippen LogP contribution in [0.1, 0.15) is 24.5 Å². The van der Waals surface area contributed by atoms with Gasteiger partial charge in [-0.15, -0.1) is 0 Å². The molecule has 2 unspecified atom stereocenters. The highest BCUT2D eigenvalue weighted by molar-refractivity contribution is 5.99. The summed E-state index contributed by atoms with van der Waals surface area (Å²) in [7, 11) is 0. The number of hydrogen-bond acceptors (Lipinski definition) is 4. The number of aromatic amines is 1. The summed E-state index contributed by atoms with van der Waals surface area (Å²) in [4.78, 5) is 24.0. The Kier molecular flexibility index (Phi) is 3.36. The highest BCUT2D eigenvalue weighted by atomic mass is 16.1. The summed E-state index contributed by atoms with van der Waals surface area (Å²) >= 11 is 0. The van der Waals surface area contributed by atoms with Crippen LogP contribution >= 0.6 is 0 Å². The second-order valence-corrected chi connectivity index (χ2v) is 5.16. The van der Waals surface area contributed by atoms with Crippen molar-refractivity contribution in [2.45, 2.75) is 18.8 Å². The third-order valence-corrected chi connectivity index (χ3v) is 3.82. The maximum absolute atomic E-state index is 12.2. The molecule has 0 amide bonds. The molecule has 1 heterocycles. The summed E-state index contributed by atoms with van der Waals surface area (Å²) in [6, 6.07) is 9.25. The zero-order valence-electron chi connectivity index (χ0n) is 11.2. The van der Waals surface area contributed by atoms with Gasteiger partial charge in [0.1, 0.15) is 0 Å². The Morgan fingerprint density at radius 1 is 1.29 bits per heavy atom. The highest BCUT2D eigenvalue weighted by Gasteiger charge is 2.29. The van der Waals surface area contributed by atoms with E-state index in [2.05, 4.69) is 16.3 Å². The van der Waals surface area contributed by atoms with E-state index in [1.54, 1.807) is 24.3 Å². The van der Waals surface area contributed by atoms with E-state index in [0.717, 1.165) is 0 Å². The van der Waals surface area contributed by atoms with Crippen LogP contribution in [0.25, 0.3) is 10.8 Å². The van der Waals surface area contributed by atoms with Crippen LogP contribution in [-0.4, -0.2) is 16.0 Å². The van der Waals surface area contributed by atoms with Gasteiger partial charge in [-0.3, -0.25) is 9.59 Å². The van der Waals surface area contributed by atoms with Crippen molar-refractivity contribution >= 4 is 16.6 Å². The number of nitriles is 1. The second kappa shape index (κ2) is 5.33. The van der Waals surface area contributed by atoms with Crippen molar-refractivity contribution in [2.24, 2.45) is 5.92 Å². The number of allylic oxidation sites excluding steroid dienone is 2. The normalized spacial score (nSPS) is 21.4. The maximum Gasteiger partial charge on any atom is 0.272 e. The Morgan fingerprint density at radius 3 is 2.81 bits per heavy atom. The number of aromatic nitrogens is 2. The second-order valence-electron chi connectivity index (χ2n) is 5.16. The molecule has 1 aliphatic carbocycles. The van der Waals surface area contributed by atoms with Gasteiger partial charge >= 0.3 is 0 Å². The maximum atomic E-state index is 12.2. The topological polar surface area (TPSA) is 86.6 Å². The number of nitrogens with one attached hydrogen (secondary N) is 1. The Labute approximate surface area is 120 Å². The largest absolute Gasteiger partial charge is 0.294 e. The van der Waals surface area contributed by atoms with Gasteiger partial charge in [-0.25, -0.2) is 5.10 Å². The molecule has 3 rings (SSSR count). The summed E-state index contributed by atoms with van der Waals surface area (Å²) < 4.78 is 0. The van der Waals surface area contributed by atoms with Crippen molar-refractivity contribution < 1.29 is 4.79 Å². The van der Waals surface area contributed by atoms with Crippen molar-refractivity contribution in [1.82, 2.24) is 10.2 Å². The van der Waals surface area contributed by atoms with Crippen LogP contribution in [0, 0.1) is 17.2 Å². The van der Waals surface area contributed by atoms with Gasteiger partial charge < -0.3 is 0 Å². The first kappa shape index (κ1) is 13.3. The number of fused-ring (bicyclic) bond motifs is 1. The Hall–Kier alpha value is -2.74. The van der Waals surface area contributed by atoms with Crippen LogP contribution in [0.4, 0.5) is 0 Å². The molecule has 0 radical (unpaired) electrons. The van der Waals surface area contributed by atoms with Gasteiger partial charge in [0.15, 0.2) is 5.78 Å². The summed E-state index contributed by atoms with van der Waals surface area (Å²) in [5.74, 6) is -0.394. The molecule has 2 atom stereocenters. The quantitative estimate of drug-likeness (QED) is 0.911. The Bertz CT molecular complexity index is 829. The molecular weight excluding hydrogens is 266 g/mol. The Balaban J connectivity index is 2.11. The zero-order valence-corrected chi connectivity index (χ0v) is 11.2. The summed E-state index contributed by atoms with van der Waals surface area (Å²) in [5, 5.41) is 16.6. The lowest BCUT2D eigenvalue weighted by Crippen LogP contribution is -2.22. The fraction of sp³-hybridized carbons (Fsp3) is 0.250. The first-order chi connectivity index (χ1) is 10.2. The van der Waals surface area contributed by atoms with E-state index >= 15 is 0 Å². The summed E-state index contributed by atoms with van der Waals surface area (Å²) in [6.07, 6.45) is 4.24. The average molecular weight is 279 g/mol. The first-order valence-electron chi connectivity index (χ1n) is 6.77. The molecule has 1 aromatic carbocycles. The molecule has 1 N–H and O–H groups in total. The summed E-state index contributed by atoms with van der Waals surface area (Å²) in [6.45, 7) is 0. The average Bonchev–Trinajstić information content (AvgIpc) is 2.51. The molecule has 0 saturated heterocycles. The molecule has 5 heteroatoms. The number of rotatable bonds is 2. The fourth-order valence-electron chi connectivity index (χ4n) is 2.76. The smallest absolute Gasteiger partial charge is 0.272 e. The molecule has 0 fully saturated rings. The molecule has 1 aromatic heterocycles.